The highest BCUT2D eigenvalue weighted by atomic mass is 79.9. The van der Waals surface area contributed by atoms with E-state index in [0.29, 0.717) is 6.04 Å². The Morgan fingerprint density at radius 2 is 2.20 bits per heavy atom. The number of aryl methyl sites for hydroxylation is 1. The van der Waals surface area contributed by atoms with Crippen LogP contribution < -0.4 is 5.32 Å². The molecule has 0 bridgehead atoms. The molecule has 1 rings (SSSR count). The summed E-state index contributed by atoms with van der Waals surface area (Å²) in [6.45, 7) is 5.30. The molecule has 0 fully saturated rings. The highest BCUT2D eigenvalue weighted by Crippen LogP contribution is 2.15. The summed E-state index contributed by atoms with van der Waals surface area (Å²) in [5.41, 5.74) is 2.59. The van der Waals surface area contributed by atoms with Gasteiger partial charge in [0.1, 0.15) is 0 Å². The lowest BCUT2D eigenvalue weighted by Crippen LogP contribution is -2.26. The summed E-state index contributed by atoms with van der Waals surface area (Å²) in [4.78, 5) is 0. The van der Waals surface area contributed by atoms with Gasteiger partial charge in [-0.25, -0.2) is 0 Å². The van der Waals surface area contributed by atoms with Crippen molar-refractivity contribution in [3.63, 3.8) is 0 Å². The van der Waals surface area contributed by atoms with Crippen molar-refractivity contribution in [2.75, 3.05) is 6.61 Å². The van der Waals surface area contributed by atoms with Crippen LogP contribution in [0.4, 0.5) is 0 Å². The van der Waals surface area contributed by atoms with Crippen LogP contribution in [0.5, 0.6) is 0 Å². The summed E-state index contributed by atoms with van der Waals surface area (Å²) >= 11 is 3.45. The highest BCUT2D eigenvalue weighted by Gasteiger charge is 2.02. The third-order valence-electron chi connectivity index (χ3n) is 2.51. The quantitative estimate of drug-likeness (QED) is 0.863. The maximum Gasteiger partial charge on any atom is 0.0445 e. The molecule has 0 aliphatic heterocycles. The number of rotatable bonds is 5. The Labute approximate surface area is 99.8 Å². The fourth-order valence-corrected chi connectivity index (χ4v) is 1.91. The Kier molecular flexibility index (Phi) is 5.29. The Bertz CT molecular complexity index is 314. The van der Waals surface area contributed by atoms with E-state index < -0.39 is 0 Å². The van der Waals surface area contributed by atoms with E-state index in [-0.39, 0.29) is 6.61 Å². The molecule has 1 aromatic carbocycles. The lowest BCUT2D eigenvalue weighted by atomic mass is 10.1. The molecule has 0 aliphatic carbocycles. The summed E-state index contributed by atoms with van der Waals surface area (Å²) in [5, 5.41) is 12.2. The standard InChI is InChI=1S/C12H18BrNO/c1-9-7-12(13)4-3-11(9)8-14-10(2)5-6-15/h3-4,7,10,14-15H,5-6,8H2,1-2H3/t10-/m1/s1. The number of aliphatic hydroxyl groups is 1. The zero-order valence-electron chi connectivity index (χ0n) is 9.26. The van der Waals surface area contributed by atoms with Crippen LogP contribution in [0.15, 0.2) is 22.7 Å². The molecule has 3 heteroatoms. The molecular formula is C12H18BrNO. The number of hydrogen-bond donors (Lipinski definition) is 2. The Morgan fingerprint density at radius 1 is 1.47 bits per heavy atom. The molecule has 0 radical (unpaired) electrons. The minimum Gasteiger partial charge on any atom is -0.396 e. The molecule has 0 amide bonds. The average molecular weight is 272 g/mol. The van der Waals surface area contributed by atoms with Crippen molar-refractivity contribution >= 4 is 15.9 Å². The van der Waals surface area contributed by atoms with Crippen LogP contribution in [-0.2, 0) is 6.54 Å². The fourth-order valence-electron chi connectivity index (χ4n) is 1.44. The van der Waals surface area contributed by atoms with Crippen LogP contribution >= 0.6 is 15.9 Å². The monoisotopic (exact) mass is 271 g/mol. The maximum atomic E-state index is 8.78. The number of aliphatic hydroxyl groups excluding tert-OH is 1. The van der Waals surface area contributed by atoms with Crippen molar-refractivity contribution in [3.8, 4) is 0 Å². The number of nitrogens with one attached hydrogen (secondary N) is 1. The van der Waals surface area contributed by atoms with E-state index in [1.165, 1.54) is 11.1 Å². The fraction of sp³-hybridized carbons (Fsp3) is 0.500. The SMILES string of the molecule is Cc1cc(Br)ccc1CN[C@H](C)CCO. The summed E-state index contributed by atoms with van der Waals surface area (Å²) in [6, 6.07) is 6.66. The third kappa shape index (κ3) is 4.33. The van der Waals surface area contributed by atoms with E-state index in [9.17, 15) is 0 Å². The summed E-state index contributed by atoms with van der Waals surface area (Å²) < 4.78 is 1.12. The summed E-state index contributed by atoms with van der Waals surface area (Å²) in [7, 11) is 0. The van der Waals surface area contributed by atoms with Gasteiger partial charge in [0.2, 0.25) is 0 Å². The van der Waals surface area contributed by atoms with E-state index >= 15 is 0 Å². The van der Waals surface area contributed by atoms with Gasteiger partial charge in [-0.3, -0.25) is 0 Å². The first kappa shape index (κ1) is 12.7. The molecular weight excluding hydrogens is 254 g/mol. The van der Waals surface area contributed by atoms with Crippen LogP contribution in [0.2, 0.25) is 0 Å². The smallest absolute Gasteiger partial charge is 0.0445 e. The normalized spacial score (nSPS) is 12.8. The molecule has 0 unspecified atom stereocenters. The molecule has 84 valence electrons. The predicted molar refractivity (Wildman–Crippen MR) is 66.9 cm³/mol. The van der Waals surface area contributed by atoms with E-state index in [1.54, 1.807) is 0 Å². The predicted octanol–water partition coefficient (Wildman–Crippen LogP) is 2.62. The lowest BCUT2D eigenvalue weighted by molar-refractivity contribution is 0.268. The summed E-state index contributed by atoms with van der Waals surface area (Å²) in [5.74, 6) is 0. The zero-order valence-corrected chi connectivity index (χ0v) is 10.8. The molecule has 0 saturated carbocycles. The van der Waals surface area contributed by atoms with Gasteiger partial charge in [0.25, 0.3) is 0 Å². The molecule has 0 heterocycles. The van der Waals surface area contributed by atoms with Gasteiger partial charge in [0.15, 0.2) is 0 Å². The second-order valence-electron chi connectivity index (χ2n) is 3.87. The van der Waals surface area contributed by atoms with Gasteiger partial charge in [0.05, 0.1) is 0 Å². The number of hydrogen-bond acceptors (Lipinski definition) is 2. The largest absolute Gasteiger partial charge is 0.396 e. The van der Waals surface area contributed by atoms with Crippen molar-refractivity contribution in [2.45, 2.75) is 32.9 Å². The molecule has 0 saturated heterocycles. The van der Waals surface area contributed by atoms with Crippen LogP contribution in [0.1, 0.15) is 24.5 Å². The zero-order chi connectivity index (χ0) is 11.3. The van der Waals surface area contributed by atoms with Gasteiger partial charge in [-0.2, -0.15) is 0 Å². The molecule has 0 aromatic heterocycles. The van der Waals surface area contributed by atoms with Crippen LogP contribution in [0, 0.1) is 6.92 Å². The Balaban J connectivity index is 2.50. The third-order valence-corrected chi connectivity index (χ3v) is 3.00. The second-order valence-corrected chi connectivity index (χ2v) is 4.78. The maximum absolute atomic E-state index is 8.78. The minimum absolute atomic E-state index is 0.244. The Morgan fingerprint density at radius 3 is 2.80 bits per heavy atom. The van der Waals surface area contributed by atoms with Crippen molar-refractivity contribution in [3.05, 3.63) is 33.8 Å². The Hall–Kier alpha value is -0.380. The molecule has 1 aromatic rings. The first-order valence-electron chi connectivity index (χ1n) is 5.22. The lowest BCUT2D eigenvalue weighted by Gasteiger charge is -2.13. The molecule has 2 N–H and O–H groups in total. The van der Waals surface area contributed by atoms with Crippen LogP contribution in [0.3, 0.4) is 0 Å². The van der Waals surface area contributed by atoms with Gasteiger partial charge in [-0.05, 0) is 43.5 Å². The van der Waals surface area contributed by atoms with Crippen molar-refractivity contribution in [1.82, 2.24) is 5.32 Å². The number of benzene rings is 1. The second kappa shape index (κ2) is 6.26. The van der Waals surface area contributed by atoms with E-state index in [0.717, 1.165) is 17.4 Å². The van der Waals surface area contributed by atoms with Crippen molar-refractivity contribution in [1.29, 1.82) is 0 Å². The number of halogens is 1. The highest BCUT2D eigenvalue weighted by molar-refractivity contribution is 9.10. The van der Waals surface area contributed by atoms with Gasteiger partial charge in [0, 0.05) is 23.7 Å². The minimum atomic E-state index is 0.244. The molecule has 1 atom stereocenters. The first-order valence-corrected chi connectivity index (χ1v) is 6.02. The molecule has 2 nitrogen and oxygen atoms in total. The van der Waals surface area contributed by atoms with Gasteiger partial charge in [-0.1, -0.05) is 22.0 Å². The average Bonchev–Trinajstić information content (AvgIpc) is 2.17. The van der Waals surface area contributed by atoms with E-state index in [2.05, 4.69) is 53.3 Å². The van der Waals surface area contributed by atoms with Gasteiger partial charge < -0.3 is 10.4 Å². The van der Waals surface area contributed by atoms with Crippen molar-refractivity contribution < 1.29 is 5.11 Å². The van der Waals surface area contributed by atoms with Crippen LogP contribution in [0.25, 0.3) is 0 Å². The molecule has 0 spiro atoms. The molecule has 0 aliphatic rings. The van der Waals surface area contributed by atoms with E-state index in [1.807, 2.05) is 0 Å². The first-order chi connectivity index (χ1) is 7.13. The topological polar surface area (TPSA) is 32.3 Å². The summed E-state index contributed by atoms with van der Waals surface area (Å²) in [6.07, 6.45) is 0.801. The van der Waals surface area contributed by atoms with Gasteiger partial charge >= 0.3 is 0 Å². The van der Waals surface area contributed by atoms with Crippen LogP contribution in [-0.4, -0.2) is 17.8 Å². The van der Waals surface area contributed by atoms with Crippen molar-refractivity contribution in [2.24, 2.45) is 0 Å². The van der Waals surface area contributed by atoms with E-state index in [4.69, 9.17) is 5.11 Å². The van der Waals surface area contributed by atoms with Gasteiger partial charge in [-0.15, -0.1) is 0 Å². The molecule has 15 heavy (non-hydrogen) atoms.